The van der Waals surface area contributed by atoms with E-state index in [0.717, 1.165) is 34.1 Å². The molecule has 3 heterocycles. The van der Waals surface area contributed by atoms with Crippen LogP contribution in [0.2, 0.25) is 0 Å². The molecule has 0 spiro atoms. The highest BCUT2D eigenvalue weighted by atomic mass is 16.2. The number of nitrogens with zero attached hydrogens (tertiary/aromatic N) is 4. The van der Waals surface area contributed by atoms with Crippen molar-refractivity contribution in [2.75, 3.05) is 31.5 Å². The van der Waals surface area contributed by atoms with Crippen LogP contribution in [0.4, 0.5) is 5.69 Å². The number of piperazine rings is 1. The molecule has 0 saturated carbocycles. The molecular weight excluding hydrogens is 456 g/mol. The highest BCUT2D eigenvalue weighted by Crippen LogP contribution is 2.29. The molecule has 0 atom stereocenters. The van der Waals surface area contributed by atoms with Gasteiger partial charge in [0.15, 0.2) is 0 Å². The first kappa shape index (κ1) is 23.3. The zero-order valence-electron chi connectivity index (χ0n) is 20.3. The zero-order valence-corrected chi connectivity index (χ0v) is 20.3. The van der Waals surface area contributed by atoms with Gasteiger partial charge in [0, 0.05) is 62.0 Å². The average molecular weight is 485 g/mol. The summed E-state index contributed by atoms with van der Waals surface area (Å²) in [7, 11) is 0. The molecule has 1 saturated heterocycles. The maximum Gasteiger partial charge on any atom is 0.313 e. The first-order chi connectivity index (χ1) is 17.4. The summed E-state index contributed by atoms with van der Waals surface area (Å²) in [5, 5.41) is 8.07. The predicted molar refractivity (Wildman–Crippen MR) is 138 cm³/mol. The maximum atomic E-state index is 12.7. The molecule has 1 aliphatic rings. The van der Waals surface area contributed by atoms with Crippen molar-refractivity contribution in [2.24, 2.45) is 0 Å². The average Bonchev–Trinajstić information content (AvgIpc) is 3.56. The molecular formula is C27H28N6O3. The first-order valence-corrected chi connectivity index (χ1v) is 12.0. The van der Waals surface area contributed by atoms with E-state index < -0.39 is 11.8 Å². The van der Waals surface area contributed by atoms with Crippen LogP contribution in [0.5, 0.6) is 0 Å². The molecule has 2 aromatic carbocycles. The summed E-state index contributed by atoms with van der Waals surface area (Å²) in [6.07, 6.45) is 6.45. The second-order valence-corrected chi connectivity index (χ2v) is 8.91. The van der Waals surface area contributed by atoms with E-state index in [1.54, 1.807) is 11.1 Å². The van der Waals surface area contributed by atoms with Crippen molar-refractivity contribution >= 4 is 34.3 Å². The molecule has 0 aliphatic carbocycles. The Morgan fingerprint density at radius 3 is 2.39 bits per heavy atom. The van der Waals surface area contributed by atoms with Gasteiger partial charge in [0.25, 0.3) is 0 Å². The third-order valence-electron chi connectivity index (χ3n) is 6.66. The van der Waals surface area contributed by atoms with Crippen molar-refractivity contribution in [3.63, 3.8) is 0 Å². The molecule has 3 amide bonds. The Bertz CT molecular complexity index is 1430. The Hall–Kier alpha value is -4.40. The largest absolute Gasteiger partial charge is 0.359 e. The molecule has 0 bridgehead atoms. The van der Waals surface area contributed by atoms with Crippen molar-refractivity contribution in [3.8, 4) is 16.8 Å². The number of nitrogens with one attached hydrogen (secondary N) is 2. The summed E-state index contributed by atoms with van der Waals surface area (Å²) < 4.78 is 1.84. The fourth-order valence-electron chi connectivity index (χ4n) is 4.44. The second kappa shape index (κ2) is 9.69. The molecule has 0 unspecified atom stereocenters. The summed E-state index contributed by atoms with van der Waals surface area (Å²) in [5.74, 6) is -1.32. The Labute approximate surface area is 208 Å². The first-order valence-electron chi connectivity index (χ1n) is 12.0. The molecule has 184 valence electrons. The predicted octanol–water partition coefficient (Wildman–Crippen LogP) is 3.21. The van der Waals surface area contributed by atoms with Crippen LogP contribution in [-0.2, 0) is 20.8 Å². The van der Waals surface area contributed by atoms with Gasteiger partial charge < -0.3 is 20.1 Å². The molecule has 2 aromatic heterocycles. The normalized spacial score (nSPS) is 13.7. The second-order valence-electron chi connectivity index (χ2n) is 8.91. The lowest BCUT2D eigenvalue weighted by Crippen LogP contribution is -2.52. The Balaban J connectivity index is 1.32. The SMILES string of the molecule is CCc1ccc(-n2cc(-c3ccc4[nH]cc(NC(=O)C(=O)N5CCN(C(C)=O)CC5)c4c3)cn2)cc1. The van der Waals surface area contributed by atoms with Gasteiger partial charge in [-0.25, -0.2) is 4.68 Å². The van der Waals surface area contributed by atoms with E-state index in [9.17, 15) is 14.4 Å². The van der Waals surface area contributed by atoms with Gasteiger partial charge in [-0.05, 0) is 41.8 Å². The highest BCUT2D eigenvalue weighted by molar-refractivity contribution is 6.40. The molecule has 1 fully saturated rings. The van der Waals surface area contributed by atoms with E-state index >= 15 is 0 Å². The van der Waals surface area contributed by atoms with Crippen LogP contribution in [0, 0.1) is 0 Å². The Morgan fingerprint density at radius 2 is 1.69 bits per heavy atom. The van der Waals surface area contributed by atoms with Gasteiger partial charge in [0.1, 0.15) is 0 Å². The number of fused-ring (bicyclic) bond motifs is 1. The Morgan fingerprint density at radius 1 is 0.972 bits per heavy atom. The van der Waals surface area contributed by atoms with Crippen molar-refractivity contribution in [1.82, 2.24) is 24.6 Å². The van der Waals surface area contributed by atoms with Gasteiger partial charge >= 0.3 is 11.8 Å². The van der Waals surface area contributed by atoms with Crippen LogP contribution < -0.4 is 5.32 Å². The van der Waals surface area contributed by atoms with Crippen LogP contribution in [0.1, 0.15) is 19.4 Å². The van der Waals surface area contributed by atoms with Crippen LogP contribution in [-0.4, -0.2) is 68.5 Å². The van der Waals surface area contributed by atoms with Crippen molar-refractivity contribution in [1.29, 1.82) is 0 Å². The van der Waals surface area contributed by atoms with E-state index in [2.05, 4.69) is 46.6 Å². The molecule has 1 aliphatic heterocycles. The van der Waals surface area contributed by atoms with Crippen LogP contribution >= 0.6 is 0 Å². The van der Waals surface area contributed by atoms with E-state index in [1.807, 2.05) is 35.3 Å². The minimum Gasteiger partial charge on any atom is -0.359 e. The number of amides is 3. The lowest BCUT2D eigenvalue weighted by Gasteiger charge is -2.33. The number of aromatic nitrogens is 3. The smallest absolute Gasteiger partial charge is 0.313 e. The summed E-state index contributed by atoms with van der Waals surface area (Å²) in [5.41, 5.74) is 5.52. The van der Waals surface area contributed by atoms with Gasteiger partial charge in [-0.15, -0.1) is 0 Å². The lowest BCUT2D eigenvalue weighted by molar-refractivity contribution is -0.145. The van der Waals surface area contributed by atoms with E-state index in [0.29, 0.717) is 31.9 Å². The van der Waals surface area contributed by atoms with Crippen LogP contribution in [0.15, 0.2) is 61.1 Å². The fourth-order valence-corrected chi connectivity index (χ4v) is 4.44. The number of aromatic amines is 1. The number of hydrogen-bond donors (Lipinski definition) is 2. The molecule has 2 N–H and O–H groups in total. The number of H-pyrrole nitrogens is 1. The van der Waals surface area contributed by atoms with E-state index in [-0.39, 0.29) is 5.91 Å². The number of carbonyl (C=O) groups is 3. The third kappa shape index (κ3) is 4.59. The molecule has 9 heteroatoms. The van der Waals surface area contributed by atoms with E-state index in [4.69, 9.17) is 0 Å². The van der Waals surface area contributed by atoms with Crippen molar-refractivity contribution in [2.45, 2.75) is 20.3 Å². The van der Waals surface area contributed by atoms with Crippen molar-refractivity contribution in [3.05, 3.63) is 66.6 Å². The zero-order chi connectivity index (χ0) is 25.2. The number of carbonyl (C=O) groups excluding carboxylic acids is 3. The van der Waals surface area contributed by atoms with Gasteiger partial charge in [0.2, 0.25) is 5.91 Å². The molecule has 0 radical (unpaired) electrons. The number of hydrogen-bond acceptors (Lipinski definition) is 4. The van der Waals surface area contributed by atoms with Gasteiger partial charge in [0.05, 0.1) is 17.6 Å². The minimum absolute atomic E-state index is 0.0268. The minimum atomic E-state index is -0.694. The van der Waals surface area contributed by atoms with Gasteiger partial charge in [-0.2, -0.15) is 5.10 Å². The monoisotopic (exact) mass is 484 g/mol. The summed E-state index contributed by atoms with van der Waals surface area (Å²) in [4.78, 5) is 43.2. The van der Waals surface area contributed by atoms with Gasteiger partial charge in [-0.1, -0.05) is 25.1 Å². The summed E-state index contributed by atoms with van der Waals surface area (Å²) in [6, 6.07) is 14.2. The lowest BCUT2D eigenvalue weighted by atomic mass is 10.1. The topological polar surface area (TPSA) is 103 Å². The fraction of sp³-hybridized carbons (Fsp3) is 0.259. The molecule has 9 nitrogen and oxygen atoms in total. The number of aryl methyl sites for hydroxylation is 1. The summed E-state index contributed by atoms with van der Waals surface area (Å²) >= 11 is 0. The summed E-state index contributed by atoms with van der Waals surface area (Å²) in [6.45, 7) is 5.18. The van der Waals surface area contributed by atoms with Gasteiger partial charge in [-0.3, -0.25) is 14.4 Å². The van der Waals surface area contributed by atoms with E-state index in [1.165, 1.54) is 17.4 Å². The van der Waals surface area contributed by atoms with Crippen LogP contribution in [0.3, 0.4) is 0 Å². The van der Waals surface area contributed by atoms with Crippen molar-refractivity contribution < 1.29 is 14.4 Å². The standard InChI is InChI=1S/C27H28N6O3/c1-3-19-4-7-22(8-5-19)33-17-21(15-29-33)20-6-9-24-23(14-20)25(16-28-24)30-26(35)27(36)32-12-10-31(11-13-32)18(2)34/h4-9,14-17,28H,3,10-13H2,1-2H3,(H,30,35). The highest BCUT2D eigenvalue weighted by Gasteiger charge is 2.27. The molecule has 5 rings (SSSR count). The third-order valence-corrected chi connectivity index (χ3v) is 6.66. The number of anilines is 1. The maximum absolute atomic E-state index is 12.7. The number of benzene rings is 2. The molecule has 4 aromatic rings. The quantitative estimate of drug-likeness (QED) is 0.434. The Kier molecular flexibility index (Phi) is 6.28. The number of rotatable bonds is 4. The van der Waals surface area contributed by atoms with Crippen LogP contribution in [0.25, 0.3) is 27.7 Å². The molecule has 36 heavy (non-hydrogen) atoms.